The maximum atomic E-state index is 12.3. The van der Waals surface area contributed by atoms with Crippen LogP contribution in [-0.2, 0) is 0 Å². The second kappa shape index (κ2) is 1.70. The van der Waals surface area contributed by atoms with Crippen molar-refractivity contribution in [2.45, 2.75) is 12.8 Å². The van der Waals surface area contributed by atoms with Crippen molar-refractivity contribution in [1.29, 1.82) is 0 Å². The predicted molar refractivity (Wildman–Crippen MR) is 34.0 cm³/mol. The van der Waals surface area contributed by atoms with Crippen molar-refractivity contribution < 1.29 is 8.78 Å². The van der Waals surface area contributed by atoms with Gasteiger partial charge in [-0.3, -0.25) is 0 Å². The van der Waals surface area contributed by atoms with E-state index in [1.807, 2.05) is 11.9 Å². The first-order chi connectivity index (χ1) is 4.65. The molecule has 1 aliphatic carbocycles. The fourth-order valence-electron chi connectivity index (χ4n) is 2.12. The number of alkyl halides is 2. The highest BCUT2D eigenvalue weighted by Gasteiger charge is 2.64. The van der Waals surface area contributed by atoms with Crippen LogP contribution in [0.2, 0.25) is 0 Å². The van der Waals surface area contributed by atoms with Crippen molar-refractivity contribution in [3.05, 3.63) is 0 Å². The summed E-state index contributed by atoms with van der Waals surface area (Å²) in [5.74, 6) is 0.303. The van der Waals surface area contributed by atoms with Crippen LogP contribution in [0.15, 0.2) is 0 Å². The lowest BCUT2D eigenvalue weighted by molar-refractivity contribution is 0.0560. The maximum absolute atomic E-state index is 12.3. The Balaban J connectivity index is 2.08. The van der Waals surface area contributed by atoms with Crippen LogP contribution in [0.1, 0.15) is 6.42 Å². The molecule has 1 saturated heterocycles. The zero-order valence-electron chi connectivity index (χ0n) is 5.98. The minimum Gasteiger partial charge on any atom is -0.305 e. The van der Waals surface area contributed by atoms with Crippen LogP contribution >= 0.6 is 0 Å². The third-order valence-electron chi connectivity index (χ3n) is 2.81. The Morgan fingerprint density at radius 1 is 1.60 bits per heavy atom. The van der Waals surface area contributed by atoms with Gasteiger partial charge in [-0.15, -0.1) is 0 Å². The molecule has 2 atom stereocenters. The fraction of sp³-hybridized carbons (Fsp3) is 1.00. The summed E-state index contributed by atoms with van der Waals surface area (Å²) < 4.78 is 24.6. The van der Waals surface area contributed by atoms with Crippen LogP contribution < -0.4 is 0 Å². The van der Waals surface area contributed by atoms with Crippen LogP contribution in [-0.4, -0.2) is 31.5 Å². The third kappa shape index (κ3) is 0.641. The molecular formula is C7H11F2N. The highest BCUT2D eigenvalue weighted by Crippen LogP contribution is 2.60. The van der Waals surface area contributed by atoms with Crippen LogP contribution in [0.5, 0.6) is 0 Å². The van der Waals surface area contributed by atoms with Gasteiger partial charge in [0.05, 0.1) is 0 Å². The Kier molecular flexibility index (Phi) is 1.11. The van der Waals surface area contributed by atoms with Gasteiger partial charge in [0.25, 0.3) is 0 Å². The Bertz CT molecular complexity index is 160. The Hall–Kier alpha value is -0.180. The van der Waals surface area contributed by atoms with Crippen molar-refractivity contribution in [3.8, 4) is 0 Å². The molecule has 58 valence electrons. The first kappa shape index (κ1) is 6.53. The van der Waals surface area contributed by atoms with Crippen LogP contribution in [0.25, 0.3) is 0 Å². The predicted octanol–water partition coefficient (Wildman–Crippen LogP) is 1.20. The molecule has 0 N–H and O–H groups in total. The summed E-state index contributed by atoms with van der Waals surface area (Å²) in [6.45, 7) is 1.49. The normalized spacial score (nSPS) is 46.2. The topological polar surface area (TPSA) is 3.24 Å². The monoisotopic (exact) mass is 147 g/mol. The fourth-order valence-corrected chi connectivity index (χ4v) is 2.12. The summed E-state index contributed by atoms with van der Waals surface area (Å²) in [6.07, 6.45) is -1.34. The quantitative estimate of drug-likeness (QED) is 0.538. The van der Waals surface area contributed by atoms with Crippen molar-refractivity contribution in [2.24, 2.45) is 11.3 Å². The Morgan fingerprint density at radius 3 is 2.60 bits per heavy atom. The van der Waals surface area contributed by atoms with Gasteiger partial charge < -0.3 is 4.90 Å². The zero-order chi connectivity index (χ0) is 7.35. The lowest BCUT2D eigenvalue weighted by Crippen LogP contribution is -2.24. The summed E-state index contributed by atoms with van der Waals surface area (Å²) in [7, 11) is 1.91. The molecule has 2 fully saturated rings. The number of rotatable bonds is 1. The smallest absolute Gasteiger partial charge is 0.245 e. The van der Waals surface area contributed by atoms with E-state index in [0.29, 0.717) is 12.5 Å². The number of hydrogen-bond acceptors (Lipinski definition) is 1. The SMILES string of the molecule is CN1CC2CC2(C(F)F)C1. The molecule has 10 heavy (non-hydrogen) atoms. The second-order valence-corrected chi connectivity index (χ2v) is 3.63. The lowest BCUT2D eigenvalue weighted by Gasteiger charge is -2.14. The molecule has 1 heterocycles. The molecule has 2 unspecified atom stereocenters. The molecule has 2 rings (SSSR count). The number of halogens is 2. The maximum Gasteiger partial charge on any atom is 0.245 e. The van der Waals surface area contributed by atoms with Crippen molar-refractivity contribution in [2.75, 3.05) is 20.1 Å². The van der Waals surface area contributed by atoms with Crippen molar-refractivity contribution >= 4 is 0 Å². The minimum absolute atomic E-state index is 0.303. The molecule has 0 radical (unpaired) electrons. The average Bonchev–Trinajstić information content (AvgIpc) is 2.37. The van der Waals surface area contributed by atoms with Gasteiger partial charge in [-0.05, 0) is 19.4 Å². The highest BCUT2D eigenvalue weighted by molar-refractivity contribution is 5.11. The highest BCUT2D eigenvalue weighted by atomic mass is 19.3. The largest absolute Gasteiger partial charge is 0.305 e. The lowest BCUT2D eigenvalue weighted by atomic mass is 10.1. The molecule has 0 spiro atoms. The molecule has 3 heteroatoms. The molecular weight excluding hydrogens is 136 g/mol. The number of nitrogens with zero attached hydrogens (tertiary/aromatic N) is 1. The van der Waals surface area contributed by atoms with Gasteiger partial charge in [-0.1, -0.05) is 0 Å². The zero-order valence-corrected chi connectivity index (χ0v) is 5.98. The summed E-state index contributed by atoms with van der Waals surface area (Å²) in [6, 6.07) is 0. The minimum atomic E-state index is -2.09. The second-order valence-electron chi connectivity index (χ2n) is 3.63. The molecule has 0 aromatic heterocycles. The van der Waals surface area contributed by atoms with E-state index in [-0.39, 0.29) is 0 Å². The summed E-state index contributed by atoms with van der Waals surface area (Å²) in [4.78, 5) is 2.00. The van der Waals surface area contributed by atoms with E-state index in [4.69, 9.17) is 0 Å². The van der Waals surface area contributed by atoms with E-state index < -0.39 is 11.8 Å². The van der Waals surface area contributed by atoms with E-state index in [1.165, 1.54) is 0 Å². The number of likely N-dealkylation sites (tertiary alicyclic amines) is 1. The molecule has 2 aliphatic rings. The number of piperidine rings is 1. The van der Waals surface area contributed by atoms with E-state index in [2.05, 4.69) is 0 Å². The summed E-state index contributed by atoms with van der Waals surface area (Å²) in [5, 5.41) is 0. The number of fused-ring (bicyclic) bond motifs is 1. The van der Waals surface area contributed by atoms with E-state index in [9.17, 15) is 8.78 Å². The molecule has 1 aliphatic heterocycles. The molecule has 1 nitrogen and oxygen atoms in total. The van der Waals surface area contributed by atoms with Gasteiger partial charge in [-0.2, -0.15) is 0 Å². The standard InChI is InChI=1S/C7H11F2N/c1-10-3-5-2-7(5,4-10)6(8)9/h5-6H,2-4H2,1H3. The number of hydrogen-bond donors (Lipinski definition) is 0. The molecule has 0 aromatic carbocycles. The van der Waals surface area contributed by atoms with Gasteiger partial charge >= 0.3 is 0 Å². The van der Waals surface area contributed by atoms with Gasteiger partial charge in [0.2, 0.25) is 6.43 Å². The van der Waals surface area contributed by atoms with Gasteiger partial charge in [0.15, 0.2) is 0 Å². The molecule has 0 aromatic rings. The molecule has 1 saturated carbocycles. The van der Waals surface area contributed by atoms with Gasteiger partial charge in [-0.25, -0.2) is 8.78 Å². The molecule has 0 amide bonds. The van der Waals surface area contributed by atoms with E-state index in [1.54, 1.807) is 0 Å². The van der Waals surface area contributed by atoms with E-state index >= 15 is 0 Å². The average molecular weight is 147 g/mol. The summed E-state index contributed by atoms with van der Waals surface area (Å²) >= 11 is 0. The van der Waals surface area contributed by atoms with Crippen LogP contribution in [0, 0.1) is 11.3 Å². The first-order valence-electron chi connectivity index (χ1n) is 3.62. The Labute approximate surface area is 59.0 Å². The first-order valence-corrected chi connectivity index (χ1v) is 3.62. The van der Waals surface area contributed by atoms with Gasteiger partial charge in [0, 0.05) is 18.5 Å². The molecule has 0 bridgehead atoms. The third-order valence-corrected chi connectivity index (χ3v) is 2.81. The Morgan fingerprint density at radius 2 is 2.30 bits per heavy atom. The van der Waals surface area contributed by atoms with Crippen LogP contribution in [0.4, 0.5) is 8.78 Å². The van der Waals surface area contributed by atoms with Gasteiger partial charge in [0.1, 0.15) is 0 Å². The summed E-state index contributed by atoms with van der Waals surface area (Å²) in [5.41, 5.74) is -0.575. The van der Waals surface area contributed by atoms with Crippen LogP contribution in [0.3, 0.4) is 0 Å². The van der Waals surface area contributed by atoms with Crippen molar-refractivity contribution in [1.82, 2.24) is 4.90 Å². The van der Waals surface area contributed by atoms with E-state index in [0.717, 1.165) is 13.0 Å². The van der Waals surface area contributed by atoms with Crippen molar-refractivity contribution in [3.63, 3.8) is 0 Å².